The van der Waals surface area contributed by atoms with Gasteiger partial charge in [-0.3, -0.25) is 0 Å². The number of nitrogens with zero attached hydrogens (tertiary/aromatic N) is 3. The highest BCUT2D eigenvalue weighted by Gasteiger charge is 2.27. The monoisotopic (exact) mass is 631 g/mol. The van der Waals surface area contributed by atoms with Crippen molar-refractivity contribution in [3.8, 4) is 34.4 Å². The highest BCUT2D eigenvalue weighted by Crippen LogP contribution is 2.47. The van der Waals surface area contributed by atoms with Crippen molar-refractivity contribution in [2.45, 2.75) is 110 Å². The van der Waals surface area contributed by atoms with Gasteiger partial charge in [-0.1, -0.05) is 158 Å². The van der Waals surface area contributed by atoms with E-state index in [0.29, 0.717) is 6.04 Å². The second kappa shape index (κ2) is 16.0. The number of allylic oxidation sites excluding steroid dienone is 1. The Morgan fingerprint density at radius 2 is 1.08 bits per heavy atom. The van der Waals surface area contributed by atoms with E-state index in [1.165, 1.54) is 112 Å². The number of aromatic nitrogens is 1. The van der Waals surface area contributed by atoms with Crippen LogP contribution in [0.2, 0.25) is 0 Å². The predicted octanol–water partition coefficient (Wildman–Crippen LogP) is 13.3. The number of rotatable bonds is 16. The highest BCUT2D eigenvalue weighted by molar-refractivity contribution is 6.09. The maximum absolute atomic E-state index is 9.89. The first-order valence-electron chi connectivity index (χ1n) is 18.5. The summed E-state index contributed by atoms with van der Waals surface area (Å²) >= 11 is 0. The lowest BCUT2D eigenvalue weighted by atomic mass is 9.95. The Labute approximate surface area is 287 Å². The van der Waals surface area contributed by atoms with Gasteiger partial charge < -0.3 is 4.57 Å². The summed E-state index contributed by atoms with van der Waals surface area (Å²) in [5.74, 6) is 0. The van der Waals surface area contributed by atoms with Crippen LogP contribution in [0.5, 0.6) is 0 Å². The minimum atomic E-state index is 0.168. The summed E-state index contributed by atoms with van der Waals surface area (Å²) < 4.78 is 2.68. The molecular formula is C45H49N3. The fourth-order valence-corrected chi connectivity index (χ4v) is 7.95. The van der Waals surface area contributed by atoms with Crippen LogP contribution in [-0.2, 0) is 0 Å². The fraction of sp³-hybridized carbons (Fsp3) is 0.378. The first-order valence-corrected chi connectivity index (χ1v) is 18.5. The Bertz CT molecular complexity index is 1960. The number of unbranched alkanes of at least 4 members (excludes halogenated alkanes) is 10. The molecule has 244 valence electrons. The molecule has 0 amide bonds. The summed E-state index contributed by atoms with van der Waals surface area (Å²) in [5.41, 5.74) is 9.94. The van der Waals surface area contributed by atoms with Crippen LogP contribution in [0, 0.1) is 22.7 Å². The molecule has 1 aromatic heterocycles. The van der Waals surface area contributed by atoms with Crippen LogP contribution in [0.15, 0.2) is 90.5 Å². The third kappa shape index (κ3) is 6.84. The molecule has 5 aromatic rings. The number of benzene rings is 4. The molecule has 0 unspecified atom stereocenters. The van der Waals surface area contributed by atoms with E-state index < -0.39 is 0 Å². The molecule has 1 aliphatic carbocycles. The molecule has 0 saturated carbocycles. The van der Waals surface area contributed by atoms with E-state index in [2.05, 4.69) is 97.3 Å². The molecule has 1 aliphatic rings. The number of nitriles is 2. The van der Waals surface area contributed by atoms with Crippen molar-refractivity contribution in [2.24, 2.45) is 0 Å². The van der Waals surface area contributed by atoms with Crippen LogP contribution in [-0.4, -0.2) is 4.57 Å². The van der Waals surface area contributed by atoms with Crippen molar-refractivity contribution in [1.82, 2.24) is 4.57 Å². The van der Waals surface area contributed by atoms with Crippen LogP contribution in [0.25, 0.3) is 49.6 Å². The zero-order valence-corrected chi connectivity index (χ0v) is 28.9. The Balaban J connectivity index is 1.40. The summed E-state index contributed by atoms with van der Waals surface area (Å²) in [6, 6.07) is 35.4. The van der Waals surface area contributed by atoms with Gasteiger partial charge in [0, 0.05) is 33.4 Å². The van der Waals surface area contributed by atoms with Crippen LogP contribution >= 0.6 is 0 Å². The smallest absolute Gasteiger partial charge is 0.138 e. The van der Waals surface area contributed by atoms with Gasteiger partial charge in [-0.05, 0) is 64.4 Å². The van der Waals surface area contributed by atoms with Crippen molar-refractivity contribution in [3.05, 3.63) is 102 Å². The summed E-state index contributed by atoms with van der Waals surface area (Å²) in [6.07, 6.45) is 18.3. The number of hydrogen-bond donors (Lipinski definition) is 0. The molecule has 1 heterocycles. The van der Waals surface area contributed by atoms with Crippen molar-refractivity contribution in [2.75, 3.05) is 0 Å². The van der Waals surface area contributed by atoms with E-state index in [1.807, 2.05) is 18.2 Å². The first kappa shape index (κ1) is 33.3. The van der Waals surface area contributed by atoms with Gasteiger partial charge >= 0.3 is 0 Å². The standard InChI is InChI=1S/C45H49N3/c1-3-5-7-9-11-13-19-36(20-14-12-10-8-6-4-2)48-43-24-18-17-22-39(43)40-28-26-34(30-44(40)48)33-25-27-38-37-21-15-16-23-41(37)45(42(38)29-33)35(31-46)32-47/h15-18,21-30,36H,3-14,19-20H2,1-2H3. The summed E-state index contributed by atoms with van der Waals surface area (Å²) in [7, 11) is 0. The average Bonchev–Trinajstić information content (AvgIpc) is 3.63. The average molecular weight is 632 g/mol. The number of hydrogen-bond acceptors (Lipinski definition) is 2. The second-order valence-electron chi connectivity index (χ2n) is 13.7. The van der Waals surface area contributed by atoms with E-state index in [4.69, 9.17) is 0 Å². The van der Waals surface area contributed by atoms with E-state index >= 15 is 0 Å². The van der Waals surface area contributed by atoms with Gasteiger partial charge in [0.2, 0.25) is 0 Å². The Hall–Kier alpha value is -4.60. The van der Waals surface area contributed by atoms with E-state index in [1.54, 1.807) is 0 Å². The van der Waals surface area contributed by atoms with E-state index in [-0.39, 0.29) is 5.57 Å². The van der Waals surface area contributed by atoms with Crippen LogP contribution < -0.4 is 0 Å². The number of fused-ring (bicyclic) bond motifs is 6. The van der Waals surface area contributed by atoms with Gasteiger partial charge in [0.1, 0.15) is 17.7 Å². The lowest BCUT2D eigenvalue weighted by Crippen LogP contribution is -2.09. The molecule has 6 rings (SSSR count). The second-order valence-corrected chi connectivity index (χ2v) is 13.7. The Kier molecular flexibility index (Phi) is 11.1. The summed E-state index contributed by atoms with van der Waals surface area (Å²) in [6.45, 7) is 4.58. The summed E-state index contributed by atoms with van der Waals surface area (Å²) in [5, 5.41) is 22.4. The molecule has 0 fully saturated rings. The van der Waals surface area contributed by atoms with E-state index in [0.717, 1.165) is 39.0 Å². The molecule has 0 spiro atoms. The third-order valence-electron chi connectivity index (χ3n) is 10.4. The molecule has 3 nitrogen and oxygen atoms in total. The lowest BCUT2D eigenvalue weighted by Gasteiger charge is -2.22. The molecule has 4 aromatic carbocycles. The molecule has 0 radical (unpaired) electrons. The third-order valence-corrected chi connectivity index (χ3v) is 10.4. The largest absolute Gasteiger partial charge is 0.337 e. The van der Waals surface area contributed by atoms with Crippen molar-refractivity contribution >= 4 is 27.4 Å². The molecule has 0 bridgehead atoms. The van der Waals surface area contributed by atoms with Crippen LogP contribution in [0.4, 0.5) is 0 Å². The van der Waals surface area contributed by atoms with Gasteiger partial charge in [0.05, 0.1) is 0 Å². The maximum Gasteiger partial charge on any atom is 0.138 e. The van der Waals surface area contributed by atoms with Crippen LogP contribution in [0.3, 0.4) is 0 Å². The molecule has 0 saturated heterocycles. The maximum atomic E-state index is 9.89. The predicted molar refractivity (Wildman–Crippen MR) is 203 cm³/mol. The lowest BCUT2D eigenvalue weighted by molar-refractivity contribution is 0.410. The molecule has 0 aliphatic heterocycles. The molecule has 0 N–H and O–H groups in total. The quantitative estimate of drug-likeness (QED) is 0.0788. The van der Waals surface area contributed by atoms with E-state index in [9.17, 15) is 10.5 Å². The topological polar surface area (TPSA) is 52.5 Å². The van der Waals surface area contributed by atoms with Gasteiger partial charge in [0.25, 0.3) is 0 Å². The zero-order valence-electron chi connectivity index (χ0n) is 28.9. The molecule has 0 atom stereocenters. The van der Waals surface area contributed by atoms with Gasteiger partial charge in [0.15, 0.2) is 0 Å². The normalized spacial score (nSPS) is 12.0. The van der Waals surface area contributed by atoms with Crippen molar-refractivity contribution in [1.29, 1.82) is 10.5 Å². The Morgan fingerprint density at radius 1 is 0.542 bits per heavy atom. The minimum Gasteiger partial charge on any atom is -0.337 e. The van der Waals surface area contributed by atoms with Gasteiger partial charge in [-0.25, -0.2) is 0 Å². The van der Waals surface area contributed by atoms with Crippen molar-refractivity contribution in [3.63, 3.8) is 0 Å². The van der Waals surface area contributed by atoms with Gasteiger partial charge in [-0.2, -0.15) is 10.5 Å². The first-order chi connectivity index (χ1) is 23.7. The SMILES string of the molecule is CCCCCCCCC(CCCCCCCC)n1c2ccccc2c2ccc(-c3ccc4c(c3)C(=C(C#N)C#N)c3ccccc3-4)cc21. The van der Waals surface area contributed by atoms with Crippen molar-refractivity contribution < 1.29 is 0 Å². The Morgan fingerprint density at radius 3 is 1.77 bits per heavy atom. The van der Waals surface area contributed by atoms with Crippen LogP contribution in [0.1, 0.15) is 121 Å². The molecular weight excluding hydrogens is 583 g/mol. The zero-order chi connectivity index (χ0) is 33.3. The van der Waals surface area contributed by atoms with Gasteiger partial charge in [-0.15, -0.1) is 0 Å². The molecule has 3 heteroatoms. The molecule has 48 heavy (non-hydrogen) atoms. The highest BCUT2D eigenvalue weighted by atomic mass is 15.0. The summed E-state index contributed by atoms with van der Waals surface area (Å²) in [4.78, 5) is 0. The minimum absolute atomic E-state index is 0.168. The fourth-order valence-electron chi connectivity index (χ4n) is 7.95. The number of para-hydroxylation sites is 1.